The van der Waals surface area contributed by atoms with Crippen LogP contribution in [0.25, 0.3) is 0 Å². The van der Waals surface area contributed by atoms with Gasteiger partial charge in [0, 0.05) is 31.1 Å². The lowest BCUT2D eigenvalue weighted by Crippen LogP contribution is -2.37. The third-order valence-corrected chi connectivity index (χ3v) is 7.99. The van der Waals surface area contributed by atoms with E-state index in [1.54, 1.807) is 17.0 Å². The van der Waals surface area contributed by atoms with Crippen LogP contribution in [0.5, 0.6) is 0 Å². The fourth-order valence-electron chi connectivity index (χ4n) is 5.68. The molecule has 0 aliphatic carbocycles. The molecule has 0 amide bonds. The molecular formula is C29H37F2N3O4. The van der Waals surface area contributed by atoms with Crippen molar-refractivity contribution in [3.8, 4) is 0 Å². The number of unbranched alkanes of at least 4 members (excludes halogenated alkanes) is 1. The number of nitrogens with zero attached hydrogens (tertiary/aromatic N) is 2. The summed E-state index contributed by atoms with van der Waals surface area (Å²) >= 11 is 0. The number of nitrogens with one attached hydrogen (secondary N) is 1. The largest absolute Gasteiger partial charge is 0.480 e. The number of hydrogen-bond acceptors (Lipinski definition) is 6. The highest BCUT2D eigenvalue weighted by molar-refractivity contribution is 5.76. The van der Waals surface area contributed by atoms with E-state index >= 15 is 8.78 Å². The number of rotatable bonds is 12. The van der Waals surface area contributed by atoms with Crippen LogP contribution in [0, 0.1) is 5.92 Å². The molecule has 0 bridgehead atoms. The molecule has 7 nitrogen and oxygen atoms in total. The van der Waals surface area contributed by atoms with Gasteiger partial charge in [-0.25, -0.2) is 13.8 Å². The Hall–Kier alpha value is -2.62. The lowest BCUT2D eigenvalue weighted by Gasteiger charge is -2.29. The first-order valence-electron chi connectivity index (χ1n) is 13.8. The molecule has 1 aromatic carbocycles. The molecule has 4 heterocycles. The molecule has 0 radical (unpaired) electrons. The van der Waals surface area contributed by atoms with Crippen LogP contribution in [0.3, 0.4) is 0 Å². The SMILES string of the molecule is O=C(O)C(c1ccccc1COC1COC1)N1CCC(C(F)(F)CCCCc2ccc3c(n2)NCCC3)C1. The first-order chi connectivity index (χ1) is 18.4. The Morgan fingerprint density at radius 2 is 2.08 bits per heavy atom. The number of aromatic nitrogens is 1. The molecule has 3 aliphatic rings. The monoisotopic (exact) mass is 529 g/mol. The molecule has 38 heavy (non-hydrogen) atoms. The van der Waals surface area contributed by atoms with Gasteiger partial charge in [0.15, 0.2) is 0 Å². The Morgan fingerprint density at radius 3 is 2.87 bits per heavy atom. The highest BCUT2D eigenvalue weighted by Gasteiger charge is 2.45. The molecule has 2 fully saturated rings. The molecule has 0 saturated carbocycles. The third-order valence-electron chi connectivity index (χ3n) is 7.99. The minimum Gasteiger partial charge on any atom is -0.480 e. The third kappa shape index (κ3) is 6.33. The van der Waals surface area contributed by atoms with E-state index in [-0.39, 0.29) is 32.1 Å². The van der Waals surface area contributed by atoms with E-state index < -0.39 is 23.9 Å². The van der Waals surface area contributed by atoms with Crippen LogP contribution in [0.4, 0.5) is 14.6 Å². The Bertz CT molecular complexity index is 1110. The van der Waals surface area contributed by atoms with Crippen molar-refractivity contribution in [3.05, 3.63) is 58.8 Å². The van der Waals surface area contributed by atoms with Crippen LogP contribution in [0.15, 0.2) is 36.4 Å². The second-order valence-electron chi connectivity index (χ2n) is 10.7. The number of benzene rings is 1. The van der Waals surface area contributed by atoms with Crippen molar-refractivity contribution in [2.24, 2.45) is 5.92 Å². The van der Waals surface area contributed by atoms with Crippen molar-refractivity contribution in [1.82, 2.24) is 9.88 Å². The van der Waals surface area contributed by atoms with Gasteiger partial charge in [-0.1, -0.05) is 30.3 Å². The highest BCUT2D eigenvalue weighted by atomic mass is 19.3. The van der Waals surface area contributed by atoms with E-state index in [4.69, 9.17) is 9.47 Å². The van der Waals surface area contributed by atoms with Crippen molar-refractivity contribution in [2.75, 3.05) is 38.2 Å². The summed E-state index contributed by atoms with van der Waals surface area (Å²) < 4.78 is 41.4. The van der Waals surface area contributed by atoms with Crippen molar-refractivity contribution in [1.29, 1.82) is 0 Å². The zero-order chi connectivity index (χ0) is 26.5. The van der Waals surface area contributed by atoms with Crippen LogP contribution in [-0.4, -0.2) is 65.8 Å². The number of carbonyl (C=O) groups is 1. The molecule has 2 unspecified atom stereocenters. The zero-order valence-corrected chi connectivity index (χ0v) is 21.7. The Labute approximate surface area is 222 Å². The summed E-state index contributed by atoms with van der Waals surface area (Å²) in [6, 6.07) is 10.4. The van der Waals surface area contributed by atoms with Gasteiger partial charge in [0.05, 0.1) is 19.8 Å². The standard InChI is InChI=1S/C29H37F2N3O4/c30-29(31,13-4-3-8-23-11-10-20-7-5-14-32-27(20)33-23)22-12-15-34(16-22)26(28(35)36)25-9-2-1-6-21(25)17-38-24-18-37-19-24/h1-2,6,9-11,22,24,26H,3-5,7-8,12-19H2,(H,32,33)(H,35,36). The molecule has 1 aromatic heterocycles. The summed E-state index contributed by atoms with van der Waals surface area (Å²) in [5.74, 6) is -3.79. The molecule has 2 N–H and O–H groups in total. The van der Waals surface area contributed by atoms with Gasteiger partial charge in [0.2, 0.25) is 0 Å². The van der Waals surface area contributed by atoms with Gasteiger partial charge < -0.3 is 19.9 Å². The molecular weight excluding hydrogens is 492 g/mol. The van der Waals surface area contributed by atoms with Crippen molar-refractivity contribution in [2.45, 2.75) is 69.6 Å². The number of hydrogen-bond donors (Lipinski definition) is 2. The Balaban J connectivity index is 1.15. The minimum atomic E-state index is -2.84. The second-order valence-corrected chi connectivity index (χ2v) is 10.7. The number of pyridine rings is 1. The van der Waals surface area contributed by atoms with E-state index in [2.05, 4.69) is 16.4 Å². The van der Waals surface area contributed by atoms with Gasteiger partial charge in [-0.3, -0.25) is 9.69 Å². The number of carboxylic acid groups (broad SMARTS) is 1. The quantitative estimate of drug-likeness (QED) is 0.380. The molecule has 206 valence electrons. The number of aryl methyl sites for hydroxylation is 2. The molecule has 2 aromatic rings. The Morgan fingerprint density at radius 1 is 1.24 bits per heavy atom. The lowest BCUT2D eigenvalue weighted by molar-refractivity contribution is -0.144. The van der Waals surface area contributed by atoms with Gasteiger partial charge in [-0.15, -0.1) is 0 Å². The van der Waals surface area contributed by atoms with Crippen molar-refractivity contribution in [3.63, 3.8) is 0 Å². The first kappa shape index (κ1) is 27.0. The summed E-state index contributed by atoms with van der Waals surface area (Å²) in [5, 5.41) is 13.4. The number of carboxylic acids is 1. The van der Waals surface area contributed by atoms with Gasteiger partial charge in [0.25, 0.3) is 5.92 Å². The highest BCUT2D eigenvalue weighted by Crippen LogP contribution is 2.40. The predicted molar refractivity (Wildman–Crippen MR) is 139 cm³/mol. The van der Waals surface area contributed by atoms with E-state index in [0.29, 0.717) is 44.6 Å². The lowest BCUT2D eigenvalue weighted by atomic mass is 9.94. The van der Waals surface area contributed by atoms with Crippen molar-refractivity contribution >= 4 is 11.8 Å². The number of ether oxygens (including phenoxy) is 2. The van der Waals surface area contributed by atoms with E-state index in [0.717, 1.165) is 36.5 Å². The maximum atomic E-state index is 15.2. The number of likely N-dealkylation sites (tertiary alicyclic amines) is 1. The molecule has 9 heteroatoms. The van der Waals surface area contributed by atoms with Crippen molar-refractivity contribution < 1.29 is 28.2 Å². The van der Waals surface area contributed by atoms with E-state index in [9.17, 15) is 9.90 Å². The molecule has 3 aliphatic heterocycles. The van der Waals surface area contributed by atoms with Crippen LogP contribution in [0.2, 0.25) is 0 Å². The average molecular weight is 530 g/mol. The maximum Gasteiger partial charge on any atom is 0.325 e. The number of fused-ring (bicyclic) bond motifs is 1. The number of aliphatic carboxylic acids is 1. The summed E-state index contributed by atoms with van der Waals surface area (Å²) in [6.45, 7) is 2.66. The Kier molecular flexibility index (Phi) is 8.55. The molecule has 2 atom stereocenters. The normalized spacial score (nSPS) is 20.9. The van der Waals surface area contributed by atoms with Crippen LogP contribution in [0.1, 0.15) is 60.5 Å². The topological polar surface area (TPSA) is 83.9 Å². The van der Waals surface area contributed by atoms with Gasteiger partial charge in [-0.2, -0.15) is 0 Å². The number of halogens is 2. The number of anilines is 1. The average Bonchev–Trinajstić information content (AvgIpc) is 3.37. The second kappa shape index (κ2) is 12.1. The smallest absolute Gasteiger partial charge is 0.325 e. The summed E-state index contributed by atoms with van der Waals surface area (Å²) in [4.78, 5) is 18.7. The van der Waals surface area contributed by atoms with E-state index in [1.165, 1.54) is 5.56 Å². The molecule has 2 saturated heterocycles. The zero-order valence-electron chi connectivity index (χ0n) is 21.7. The maximum absolute atomic E-state index is 15.2. The molecule has 0 spiro atoms. The fraction of sp³-hybridized carbons (Fsp3) is 0.586. The predicted octanol–water partition coefficient (Wildman–Crippen LogP) is 4.85. The summed E-state index contributed by atoms with van der Waals surface area (Å²) in [5.41, 5.74) is 3.54. The summed E-state index contributed by atoms with van der Waals surface area (Å²) in [7, 11) is 0. The minimum absolute atomic E-state index is 0.0147. The summed E-state index contributed by atoms with van der Waals surface area (Å²) in [6.07, 6.45) is 3.96. The van der Waals surface area contributed by atoms with Crippen LogP contribution >= 0.6 is 0 Å². The van der Waals surface area contributed by atoms with E-state index in [1.807, 2.05) is 18.2 Å². The molecule has 5 rings (SSSR count). The van der Waals surface area contributed by atoms with Gasteiger partial charge in [-0.05, 0) is 67.8 Å². The van der Waals surface area contributed by atoms with Crippen LogP contribution in [-0.2, 0) is 33.7 Å². The van der Waals surface area contributed by atoms with Gasteiger partial charge in [0.1, 0.15) is 18.0 Å². The fourth-order valence-corrected chi connectivity index (χ4v) is 5.68. The first-order valence-corrected chi connectivity index (χ1v) is 13.8. The van der Waals surface area contributed by atoms with Crippen LogP contribution < -0.4 is 5.32 Å². The number of alkyl halides is 2. The van der Waals surface area contributed by atoms with Gasteiger partial charge >= 0.3 is 5.97 Å².